The number of fused-ring (bicyclic) bond motifs is 1. The van der Waals surface area contributed by atoms with Gasteiger partial charge in [0.15, 0.2) is 0 Å². The Morgan fingerprint density at radius 1 is 1.32 bits per heavy atom. The van der Waals surface area contributed by atoms with Crippen molar-refractivity contribution >= 4 is 0 Å². The van der Waals surface area contributed by atoms with Gasteiger partial charge < -0.3 is 10.1 Å². The number of piperazine rings is 1. The van der Waals surface area contributed by atoms with E-state index >= 15 is 0 Å². The van der Waals surface area contributed by atoms with Crippen LogP contribution in [0.1, 0.15) is 33.1 Å². The smallest absolute Gasteiger partial charge is 0.0829 e. The summed E-state index contributed by atoms with van der Waals surface area (Å²) < 4.78 is 6.11. The third-order valence-electron chi connectivity index (χ3n) is 5.17. The molecule has 3 heterocycles. The molecule has 3 aliphatic rings. The number of nitrogens with one attached hydrogen (secondary N) is 1. The van der Waals surface area contributed by atoms with Gasteiger partial charge in [-0.15, -0.1) is 0 Å². The lowest BCUT2D eigenvalue weighted by molar-refractivity contribution is -0.0682. The van der Waals surface area contributed by atoms with Crippen LogP contribution in [0.4, 0.5) is 0 Å². The highest BCUT2D eigenvalue weighted by atomic mass is 16.5. The van der Waals surface area contributed by atoms with Crippen molar-refractivity contribution < 1.29 is 4.74 Å². The first kappa shape index (κ1) is 13.8. The molecule has 0 radical (unpaired) electrons. The van der Waals surface area contributed by atoms with Gasteiger partial charge in [-0.25, -0.2) is 0 Å². The van der Waals surface area contributed by atoms with Crippen molar-refractivity contribution in [3.05, 3.63) is 0 Å². The van der Waals surface area contributed by atoms with Gasteiger partial charge in [-0.05, 0) is 32.7 Å². The molecule has 4 nitrogen and oxygen atoms in total. The SMILES string of the molecule is CCC1CN(CC2CN3CCCC3CO2)C(C)CN1. The van der Waals surface area contributed by atoms with Crippen LogP contribution in [0.2, 0.25) is 0 Å². The van der Waals surface area contributed by atoms with E-state index in [2.05, 4.69) is 29.0 Å². The summed E-state index contributed by atoms with van der Waals surface area (Å²) in [5.41, 5.74) is 0. The zero-order valence-electron chi connectivity index (χ0n) is 12.5. The average molecular weight is 267 g/mol. The largest absolute Gasteiger partial charge is 0.374 e. The minimum atomic E-state index is 0.424. The van der Waals surface area contributed by atoms with E-state index in [1.54, 1.807) is 0 Å². The first-order valence-electron chi connectivity index (χ1n) is 8.09. The van der Waals surface area contributed by atoms with Crippen molar-refractivity contribution in [1.29, 1.82) is 0 Å². The summed E-state index contributed by atoms with van der Waals surface area (Å²) in [7, 11) is 0. The molecule has 3 saturated heterocycles. The molecular formula is C15H29N3O. The highest BCUT2D eigenvalue weighted by molar-refractivity contribution is 4.89. The fraction of sp³-hybridized carbons (Fsp3) is 1.00. The van der Waals surface area contributed by atoms with Gasteiger partial charge in [0, 0.05) is 44.3 Å². The molecule has 0 aromatic heterocycles. The fourth-order valence-electron chi connectivity index (χ4n) is 3.78. The second-order valence-corrected chi connectivity index (χ2v) is 6.56. The number of hydrogen-bond acceptors (Lipinski definition) is 4. The molecule has 3 rings (SSSR count). The molecule has 0 aromatic carbocycles. The van der Waals surface area contributed by atoms with Gasteiger partial charge in [0.05, 0.1) is 12.7 Å². The molecule has 19 heavy (non-hydrogen) atoms. The zero-order chi connectivity index (χ0) is 13.2. The van der Waals surface area contributed by atoms with E-state index in [0.717, 1.165) is 32.3 Å². The van der Waals surface area contributed by atoms with E-state index < -0.39 is 0 Å². The Labute approximate surface area is 117 Å². The van der Waals surface area contributed by atoms with Crippen LogP contribution in [0.5, 0.6) is 0 Å². The summed E-state index contributed by atoms with van der Waals surface area (Å²) in [4.78, 5) is 5.28. The second-order valence-electron chi connectivity index (χ2n) is 6.56. The standard InChI is InChI=1S/C15H29N3O/c1-3-13-8-18(12(2)7-16-13)10-15-9-17-6-4-5-14(17)11-19-15/h12-16H,3-11H2,1-2H3. The molecule has 4 heteroatoms. The minimum absolute atomic E-state index is 0.424. The Balaban J connectivity index is 1.52. The summed E-state index contributed by atoms with van der Waals surface area (Å²) in [5, 5.41) is 3.63. The van der Waals surface area contributed by atoms with Crippen LogP contribution in [0, 0.1) is 0 Å². The number of rotatable bonds is 3. The van der Waals surface area contributed by atoms with Crippen LogP contribution in [0.15, 0.2) is 0 Å². The van der Waals surface area contributed by atoms with Crippen molar-refractivity contribution in [1.82, 2.24) is 15.1 Å². The molecule has 0 bridgehead atoms. The molecule has 4 atom stereocenters. The molecule has 3 fully saturated rings. The Morgan fingerprint density at radius 3 is 3.05 bits per heavy atom. The van der Waals surface area contributed by atoms with Crippen LogP contribution in [-0.4, -0.2) is 73.4 Å². The minimum Gasteiger partial charge on any atom is -0.374 e. The molecule has 0 amide bonds. The summed E-state index contributed by atoms with van der Waals surface area (Å²) in [5.74, 6) is 0. The lowest BCUT2D eigenvalue weighted by Gasteiger charge is -2.42. The maximum atomic E-state index is 6.11. The Kier molecular flexibility index (Phi) is 4.42. The van der Waals surface area contributed by atoms with Crippen molar-refractivity contribution in [2.45, 2.75) is 57.3 Å². The number of ether oxygens (including phenoxy) is 1. The van der Waals surface area contributed by atoms with Gasteiger partial charge in [0.1, 0.15) is 0 Å². The van der Waals surface area contributed by atoms with E-state index in [-0.39, 0.29) is 0 Å². The molecule has 110 valence electrons. The molecule has 0 saturated carbocycles. The first-order valence-corrected chi connectivity index (χ1v) is 8.09. The molecule has 3 aliphatic heterocycles. The predicted octanol–water partition coefficient (Wildman–Crippen LogP) is 0.922. The van der Waals surface area contributed by atoms with Gasteiger partial charge in [-0.1, -0.05) is 6.92 Å². The van der Waals surface area contributed by atoms with Crippen LogP contribution in [-0.2, 0) is 4.74 Å². The van der Waals surface area contributed by atoms with Crippen molar-refractivity contribution in [3.8, 4) is 0 Å². The van der Waals surface area contributed by atoms with E-state index in [0.29, 0.717) is 18.2 Å². The maximum absolute atomic E-state index is 6.11. The van der Waals surface area contributed by atoms with Gasteiger partial charge in [-0.2, -0.15) is 0 Å². The third-order valence-corrected chi connectivity index (χ3v) is 5.17. The van der Waals surface area contributed by atoms with Crippen LogP contribution in [0.25, 0.3) is 0 Å². The van der Waals surface area contributed by atoms with E-state index in [9.17, 15) is 0 Å². The fourth-order valence-corrected chi connectivity index (χ4v) is 3.78. The third kappa shape index (κ3) is 3.13. The lowest BCUT2D eigenvalue weighted by atomic mass is 10.1. The maximum Gasteiger partial charge on any atom is 0.0829 e. The molecule has 0 aromatic rings. The quantitative estimate of drug-likeness (QED) is 0.823. The topological polar surface area (TPSA) is 27.7 Å². The van der Waals surface area contributed by atoms with Gasteiger partial charge in [-0.3, -0.25) is 9.80 Å². The van der Waals surface area contributed by atoms with E-state index in [4.69, 9.17) is 4.74 Å². The van der Waals surface area contributed by atoms with Crippen LogP contribution in [0.3, 0.4) is 0 Å². The number of hydrogen-bond donors (Lipinski definition) is 1. The summed E-state index contributed by atoms with van der Waals surface area (Å²) >= 11 is 0. The summed E-state index contributed by atoms with van der Waals surface area (Å²) in [6.07, 6.45) is 4.35. The number of nitrogens with zero attached hydrogens (tertiary/aromatic N) is 2. The van der Waals surface area contributed by atoms with Crippen LogP contribution < -0.4 is 5.32 Å². The highest BCUT2D eigenvalue weighted by Crippen LogP contribution is 2.23. The van der Waals surface area contributed by atoms with Gasteiger partial charge >= 0.3 is 0 Å². The highest BCUT2D eigenvalue weighted by Gasteiger charge is 2.34. The van der Waals surface area contributed by atoms with Crippen LogP contribution >= 0.6 is 0 Å². The molecule has 1 N–H and O–H groups in total. The van der Waals surface area contributed by atoms with Gasteiger partial charge in [0.25, 0.3) is 0 Å². The van der Waals surface area contributed by atoms with Gasteiger partial charge in [0.2, 0.25) is 0 Å². The van der Waals surface area contributed by atoms with Crippen molar-refractivity contribution in [2.75, 3.05) is 39.3 Å². The second kappa shape index (κ2) is 6.08. The summed E-state index contributed by atoms with van der Waals surface area (Å²) in [6, 6.07) is 2.03. The van der Waals surface area contributed by atoms with E-state index in [1.807, 2.05) is 0 Å². The Bertz CT molecular complexity index is 299. The molecular weight excluding hydrogens is 238 g/mol. The molecule has 0 aliphatic carbocycles. The average Bonchev–Trinajstić information content (AvgIpc) is 2.89. The van der Waals surface area contributed by atoms with Crippen molar-refractivity contribution in [3.63, 3.8) is 0 Å². The predicted molar refractivity (Wildman–Crippen MR) is 77.5 cm³/mol. The monoisotopic (exact) mass is 267 g/mol. The van der Waals surface area contributed by atoms with Crippen molar-refractivity contribution in [2.24, 2.45) is 0 Å². The van der Waals surface area contributed by atoms with E-state index in [1.165, 1.54) is 32.4 Å². The first-order chi connectivity index (χ1) is 9.26. The molecule has 0 spiro atoms. The Morgan fingerprint density at radius 2 is 2.21 bits per heavy atom. The Hall–Kier alpha value is -0.160. The molecule has 4 unspecified atom stereocenters. The zero-order valence-corrected chi connectivity index (χ0v) is 12.5. The lowest BCUT2D eigenvalue weighted by Crippen LogP contribution is -2.59. The number of morpholine rings is 1. The summed E-state index contributed by atoms with van der Waals surface area (Å²) in [6.45, 7) is 11.4. The normalized spacial score (nSPS) is 41.4.